The van der Waals surface area contributed by atoms with Gasteiger partial charge in [-0.2, -0.15) is 0 Å². The van der Waals surface area contributed by atoms with Crippen LogP contribution < -0.4 is 11.3 Å². The molecule has 0 heterocycles. The number of carbonyl (C=O) groups excluding carboxylic acids is 2. The Hall–Kier alpha value is -1.14. The van der Waals surface area contributed by atoms with E-state index in [0.29, 0.717) is 26.2 Å². The van der Waals surface area contributed by atoms with E-state index in [2.05, 4.69) is 5.43 Å². The van der Waals surface area contributed by atoms with Gasteiger partial charge in [-0.1, -0.05) is 0 Å². The van der Waals surface area contributed by atoms with Crippen molar-refractivity contribution in [3.8, 4) is 0 Å². The molecule has 0 rings (SSSR count). The Labute approximate surface area is 109 Å². The Morgan fingerprint density at radius 1 is 1.22 bits per heavy atom. The van der Waals surface area contributed by atoms with Crippen molar-refractivity contribution in [2.45, 2.75) is 27.7 Å². The summed E-state index contributed by atoms with van der Waals surface area (Å²) in [6.07, 6.45) is 0. The minimum absolute atomic E-state index is 0.0754. The monoisotopic (exact) mass is 258 g/mol. The van der Waals surface area contributed by atoms with E-state index in [9.17, 15) is 9.59 Å². The molecule has 0 saturated carbocycles. The molecule has 0 aromatic heterocycles. The fourth-order valence-electron chi connectivity index (χ4n) is 1.91. The van der Waals surface area contributed by atoms with Crippen LogP contribution in [0.1, 0.15) is 27.7 Å². The number of amides is 2. The topological polar surface area (TPSA) is 78.7 Å². The van der Waals surface area contributed by atoms with E-state index in [1.807, 2.05) is 25.8 Å². The van der Waals surface area contributed by atoms with E-state index in [1.54, 1.807) is 18.7 Å². The van der Waals surface area contributed by atoms with Crippen LogP contribution in [0, 0.1) is 5.41 Å². The number of nitrogens with zero attached hydrogens (tertiary/aromatic N) is 2. The molecule has 0 aliphatic heterocycles. The smallest absolute Gasteiger partial charge is 0.240 e. The second kappa shape index (κ2) is 7.33. The third-order valence-corrected chi connectivity index (χ3v) is 2.93. The van der Waals surface area contributed by atoms with E-state index in [0.717, 1.165) is 0 Å². The van der Waals surface area contributed by atoms with Gasteiger partial charge in [0.1, 0.15) is 0 Å². The molecule has 0 radical (unpaired) electrons. The number of nitrogens with one attached hydrogen (secondary N) is 1. The minimum Gasteiger partial charge on any atom is -0.342 e. The Morgan fingerprint density at radius 2 is 1.72 bits per heavy atom. The van der Waals surface area contributed by atoms with Crippen LogP contribution in [0.25, 0.3) is 0 Å². The molecular formula is C12H26N4O2. The van der Waals surface area contributed by atoms with Crippen LogP contribution in [0.2, 0.25) is 0 Å². The standard InChI is InChI=1S/C12H26N4O2/c1-6-16(7-2)10(17)8-15(5)9-12(3,4)11(18)14-13/h6-9,13H2,1-5H3,(H,14,18). The van der Waals surface area contributed by atoms with Gasteiger partial charge in [-0.05, 0) is 34.7 Å². The van der Waals surface area contributed by atoms with Crippen LogP contribution in [-0.4, -0.2) is 54.8 Å². The van der Waals surface area contributed by atoms with E-state index < -0.39 is 5.41 Å². The second-order valence-corrected chi connectivity index (χ2v) is 5.10. The molecule has 0 aliphatic rings. The van der Waals surface area contributed by atoms with Crippen molar-refractivity contribution in [3.05, 3.63) is 0 Å². The van der Waals surface area contributed by atoms with Gasteiger partial charge in [0, 0.05) is 19.6 Å². The highest BCUT2D eigenvalue weighted by molar-refractivity contribution is 5.81. The zero-order chi connectivity index (χ0) is 14.3. The zero-order valence-electron chi connectivity index (χ0n) is 12.1. The molecule has 0 aliphatic carbocycles. The highest BCUT2D eigenvalue weighted by atomic mass is 16.2. The molecule has 18 heavy (non-hydrogen) atoms. The summed E-state index contributed by atoms with van der Waals surface area (Å²) < 4.78 is 0. The maximum absolute atomic E-state index is 11.9. The summed E-state index contributed by atoms with van der Waals surface area (Å²) in [5.41, 5.74) is 1.53. The van der Waals surface area contributed by atoms with Crippen LogP contribution >= 0.6 is 0 Å². The predicted octanol–water partition coefficient (Wildman–Crippen LogP) is -0.197. The lowest BCUT2D eigenvalue weighted by atomic mass is 9.92. The maximum atomic E-state index is 11.9. The molecule has 0 aromatic rings. The zero-order valence-corrected chi connectivity index (χ0v) is 12.1. The third kappa shape index (κ3) is 5.01. The summed E-state index contributed by atoms with van der Waals surface area (Å²) in [5.74, 6) is 4.98. The van der Waals surface area contributed by atoms with Crippen LogP contribution in [0.5, 0.6) is 0 Å². The number of hydrazine groups is 1. The number of nitrogens with two attached hydrogens (primary N) is 1. The number of rotatable bonds is 7. The van der Waals surface area contributed by atoms with Gasteiger partial charge in [-0.3, -0.25) is 19.9 Å². The highest BCUT2D eigenvalue weighted by Gasteiger charge is 2.29. The van der Waals surface area contributed by atoms with Gasteiger partial charge in [0.15, 0.2) is 0 Å². The van der Waals surface area contributed by atoms with Crippen molar-refractivity contribution in [1.82, 2.24) is 15.2 Å². The second-order valence-electron chi connectivity index (χ2n) is 5.10. The van der Waals surface area contributed by atoms with Crippen molar-refractivity contribution >= 4 is 11.8 Å². The van der Waals surface area contributed by atoms with Crippen LogP contribution in [0.3, 0.4) is 0 Å². The van der Waals surface area contributed by atoms with Crippen LogP contribution in [0.4, 0.5) is 0 Å². The molecule has 6 heteroatoms. The number of hydrogen-bond acceptors (Lipinski definition) is 4. The Balaban J connectivity index is 4.38. The van der Waals surface area contributed by atoms with Crippen molar-refractivity contribution in [1.29, 1.82) is 0 Å². The fraction of sp³-hybridized carbons (Fsp3) is 0.833. The molecular weight excluding hydrogens is 232 g/mol. The summed E-state index contributed by atoms with van der Waals surface area (Å²) in [4.78, 5) is 27.1. The first-order valence-corrected chi connectivity index (χ1v) is 6.25. The van der Waals surface area contributed by atoms with Crippen LogP contribution in [0.15, 0.2) is 0 Å². The SMILES string of the molecule is CCN(CC)C(=O)CN(C)CC(C)(C)C(=O)NN. The average Bonchev–Trinajstić information content (AvgIpc) is 2.28. The summed E-state index contributed by atoms with van der Waals surface area (Å²) in [6, 6.07) is 0. The van der Waals surface area contributed by atoms with Gasteiger partial charge in [0.05, 0.1) is 12.0 Å². The summed E-state index contributed by atoms with van der Waals surface area (Å²) in [5, 5.41) is 0. The summed E-state index contributed by atoms with van der Waals surface area (Å²) in [6.45, 7) is 9.69. The minimum atomic E-state index is -0.618. The number of likely N-dealkylation sites (N-methyl/N-ethyl adjacent to an activating group) is 2. The Bertz CT molecular complexity index is 288. The molecule has 0 bridgehead atoms. The van der Waals surface area contributed by atoms with Crippen molar-refractivity contribution in [2.24, 2.45) is 11.3 Å². The first-order chi connectivity index (χ1) is 8.28. The summed E-state index contributed by atoms with van der Waals surface area (Å²) >= 11 is 0. The largest absolute Gasteiger partial charge is 0.342 e. The van der Waals surface area contributed by atoms with Gasteiger partial charge in [0.2, 0.25) is 11.8 Å². The molecule has 0 atom stereocenters. The molecule has 0 unspecified atom stereocenters. The van der Waals surface area contributed by atoms with Gasteiger partial charge in [-0.25, -0.2) is 5.84 Å². The van der Waals surface area contributed by atoms with Crippen molar-refractivity contribution in [2.75, 3.05) is 33.2 Å². The quantitative estimate of drug-likeness (QED) is 0.377. The lowest BCUT2D eigenvalue weighted by Crippen LogP contribution is -2.48. The molecule has 0 spiro atoms. The molecule has 0 aromatic carbocycles. The predicted molar refractivity (Wildman–Crippen MR) is 71.5 cm³/mol. The molecule has 6 nitrogen and oxygen atoms in total. The van der Waals surface area contributed by atoms with E-state index in [4.69, 9.17) is 5.84 Å². The normalized spacial score (nSPS) is 11.5. The first-order valence-electron chi connectivity index (χ1n) is 6.25. The Kier molecular flexibility index (Phi) is 6.86. The van der Waals surface area contributed by atoms with Gasteiger partial charge >= 0.3 is 0 Å². The first kappa shape index (κ1) is 16.9. The third-order valence-electron chi connectivity index (χ3n) is 2.93. The lowest BCUT2D eigenvalue weighted by Gasteiger charge is -2.29. The van der Waals surface area contributed by atoms with Gasteiger partial charge in [0.25, 0.3) is 0 Å². The van der Waals surface area contributed by atoms with Crippen molar-refractivity contribution in [3.63, 3.8) is 0 Å². The Morgan fingerprint density at radius 3 is 2.11 bits per heavy atom. The molecule has 106 valence electrons. The summed E-state index contributed by atoms with van der Waals surface area (Å²) in [7, 11) is 1.83. The molecule has 0 saturated heterocycles. The highest BCUT2D eigenvalue weighted by Crippen LogP contribution is 2.16. The molecule has 3 N–H and O–H groups in total. The lowest BCUT2D eigenvalue weighted by molar-refractivity contribution is -0.134. The van der Waals surface area contributed by atoms with Crippen LogP contribution in [-0.2, 0) is 9.59 Å². The molecule has 0 fully saturated rings. The van der Waals surface area contributed by atoms with E-state index in [1.165, 1.54) is 0 Å². The number of carbonyl (C=O) groups is 2. The molecule has 2 amide bonds. The average molecular weight is 258 g/mol. The fourth-order valence-corrected chi connectivity index (χ4v) is 1.91. The van der Waals surface area contributed by atoms with E-state index in [-0.39, 0.29) is 11.8 Å². The van der Waals surface area contributed by atoms with Crippen molar-refractivity contribution < 1.29 is 9.59 Å². The van der Waals surface area contributed by atoms with E-state index >= 15 is 0 Å². The van der Waals surface area contributed by atoms with Gasteiger partial charge < -0.3 is 4.90 Å². The van der Waals surface area contributed by atoms with Gasteiger partial charge in [-0.15, -0.1) is 0 Å². The maximum Gasteiger partial charge on any atom is 0.240 e. The number of hydrogen-bond donors (Lipinski definition) is 2.